The van der Waals surface area contributed by atoms with Crippen LogP contribution in [-0.4, -0.2) is 73.8 Å². The predicted molar refractivity (Wildman–Crippen MR) is 125 cm³/mol. The molecular weight excluding hydrogens is 449 g/mol. The molecule has 1 saturated heterocycles. The number of pyridine rings is 1. The van der Waals surface area contributed by atoms with Crippen LogP contribution in [0.4, 0.5) is 20.6 Å². The van der Waals surface area contributed by atoms with Gasteiger partial charge in [0, 0.05) is 44.7 Å². The van der Waals surface area contributed by atoms with Gasteiger partial charge in [0.05, 0.1) is 30.3 Å². The zero-order chi connectivity index (χ0) is 24.0. The number of aryl methyl sites for hydroxylation is 1. The molecule has 0 unspecified atom stereocenters. The number of ether oxygens (including phenoxy) is 1. The summed E-state index contributed by atoms with van der Waals surface area (Å²) >= 11 is 0. The lowest BCUT2D eigenvalue weighted by Crippen LogP contribution is -2.56. The van der Waals surface area contributed by atoms with Gasteiger partial charge in [0.1, 0.15) is 5.82 Å². The fraction of sp³-hybridized carbons (Fsp3) is 0.455. The largest absolute Gasteiger partial charge is 0.383 e. The van der Waals surface area contributed by atoms with Gasteiger partial charge in [0.25, 0.3) is 0 Å². The Morgan fingerprint density at radius 3 is 2.64 bits per heavy atom. The number of carbonyl (C=O) groups is 1. The van der Waals surface area contributed by atoms with Crippen molar-refractivity contribution in [2.75, 3.05) is 49.7 Å². The van der Waals surface area contributed by atoms with Crippen LogP contribution >= 0.6 is 0 Å². The van der Waals surface area contributed by atoms with Crippen LogP contribution in [0.5, 0.6) is 0 Å². The van der Waals surface area contributed by atoms with Crippen LogP contribution in [0.15, 0.2) is 36.5 Å². The first-order chi connectivity index (χ1) is 15.7. The van der Waals surface area contributed by atoms with E-state index in [4.69, 9.17) is 4.74 Å². The van der Waals surface area contributed by atoms with Crippen molar-refractivity contribution in [3.05, 3.63) is 53.6 Å². The third kappa shape index (κ3) is 6.94. The van der Waals surface area contributed by atoms with E-state index in [0.717, 1.165) is 5.69 Å². The number of amides is 2. The van der Waals surface area contributed by atoms with E-state index in [9.17, 15) is 17.6 Å². The van der Waals surface area contributed by atoms with E-state index >= 15 is 0 Å². The molecule has 1 aromatic carbocycles. The second-order valence-corrected chi connectivity index (χ2v) is 10.2. The number of aromatic nitrogens is 1. The smallest absolute Gasteiger partial charge is 0.323 e. The van der Waals surface area contributed by atoms with E-state index in [1.807, 2.05) is 6.92 Å². The fourth-order valence-electron chi connectivity index (χ4n) is 3.81. The lowest BCUT2D eigenvalue weighted by atomic mass is 10.1. The zero-order valence-corrected chi connectivity index (χ0v) is 19.9. The number of hydrogen-bond acceptors (Lipinski definition) is 6. The number of nitrogens with one attached hydrogen (secondary N) is 2. The summed E-state index contributed by atoms with van der Waals surface area (Å²) in [5, 5.41) is 5.30. The molecule has 9 nitrogen and oxygen atoms in total. The number of nitrogens with zero attached hydrogens (tertiary/aromatic N) is 3. The Hall–Kier alpha value is -2.60. The number of urea groups is 1. The Labute approximate surface area is 194 Å². The molecule has 1 aliphatic rings. The Kier molecular flexibility index (Phi) is 8.35. The van der Waals surface area contributed by atoms with Gasteiger partial charge in [-0.15, -0.1) is 0 Å². The van der Waals surface area contributed by atoms with Crippen molar-refractivity contribution in [2.24, 2.45) is 0 Å². The van der Waals surface area contributed by atoms with Gasteiger partial charge in [-0.25, -0.2) is 17.6 Å². The number of halogens is 1. The van der Waals surface area contributed by atoms with Gasteiger partial charge in [-0.1, -0.05) is 0 Å². The van der Waals surface area contributed by atoms with Crippen LogP contribution in [0.3, 0.4) is 0 Å². The molecule has 1 aliphatic heterocycles. The molecule has 3 rings (SSSR count). The van der Waals surface area contributed by atoms with Crippen LogP contribution in [0.2, 0.25) is 0 Å². The highest BCUT2D eigenvalue weighted by Gasteiger charge is 2.34. The summed E-state index contributed by atoms with van der Waals surface area (Å²) in [7, 11) is -1.80. The van der Waals surface area contributed by atoms with Gasteiger partial charge < -0.3 is 15.4 Å². The Bertz CT molecular complexity index is 1060. The van der Waals surface area contributed by atoms with Crippen LogP contribution in [-0.2, 0) is 21.3 Å². The number of sulfonamides is 1. The second-order valence-electron chi connectivity index (χ2n) is 7.97. The van der Waals surface area contributed by atoms with E-state index in [1.165, 1.54) is 23.5 Å². The third-order valence-corrected chi connectivity index (χ3v) is 7.31. The number of anilines is 2. The lowest BCUT2D eigenvalue weighted by molar-refractivity contribution is 0.0663. The first-order valence-corrected chi connectivity index (χ1v) is 12.3. The average Bonchev–Trinajstić information content (AvgIpc) is 2.75. The minimum atomic E-state index is -3.34. The molecule has 11 heteroatoms. The molecule has 180 valence electrons. The number of carbonyl (C=O) groups excluding carboxylic acids is 1. The minimum absolute atomic E-state index is 0.0346. The van der Waals surface area contributed by atoms with Crippen molar-refractivity contribution < 1.29 is 22.3 Å². The molecule has 0 aliphatic carbocycles. The summed E-state index contributed by atoms with van der Waals surface area (Å²) in [5.74, 6) is -0.437. The third-order valence-electron chi connectivity index (χ3n) is 5.38. The van der Waals surface area contributed by atoms with Crippen molar-refractivity contribution in [1.82, 2.24) is 14.2 Å². The van der Waals surface area contributed by atoms with E-state index < -0.39 is 21.9 Å². The minimum Gasteiger partial charge on any atom is -0.383 e. The SMILES string of the molecule is CCS(=O)(=O)N1CCN(Cc2cc(F)cc(NC(=O)Nc3ccc(C)nc3)c2)C[C@H]1COC. The summed E-state index contributed by atoms with van der Waals surface area (Å²) in [6.45, 7) is 5.48. The summed E-state index contributed by atoms with van der Waals surface area (Å²) in [6, 6.07) is 7.05. The number of benzene rings is 1. The standard InChI is InChI=1S/C22H30FN5O4S/c1-4-33(30,31)28-8-7-27(14-21(28)15-32-3)13-17-9-18(23)11-20(10-17)26-22(29)25-19-6-5-16(2)24-12-19/h5-6,9-12,21H,4,7-8,13-15H2,1-3H3,(H2,25,26,29)/t21-/m0/s1. The molecule has 2 amide bonds. The summed E-state index contributed by atoms with van der Waals surface area (Å²) in [6.07, 6.45) is 1.54. The van der Waals surface area contributed by atoms with Crippen molar-refractivity contribution in [2.45, 2.75) is 26.4 Å². The van der Waals surface area contributed by atoms with Gasteiger partial charge in [0.15, 0.2) is 0 Å². The van der Waals surface area contributed by atoms with Gasteiger partial charge in [-0.05, 0) is 49.7 Å². The summed E-state index contributed by atoms with van der Waals surface area (Å²) in [4.78, 5) is 18.5. The van der Waals surface area contributed by atoms with Gasteiger partial charge in [-0.3, -0.25) is 9.88 Å². The first kappa shape index (κ1) is 25.0. The van der Waals surface area contributed by atoms with Crippen molar-refractivity contribution in [1.29, 1.82) is 0 Å². The monoisotopic (exact) mass is 479 g/mol. The fourth-order valence-corrected chi connectivity index (χ4v) is 5.09. The van der Waals surface area contributed by atoms with E-state index in [2.05, 4.69) is 20.5 Å². The first-order valence-electron chi connectivity index (χ1n) is 10.7. The van der Waals surface area contributed by atoms with Gasteiger partial charge in [0.2, 0.25) is 10.0 Å². The summed E-state index contributed by atoms with van der Waals surface area (Å²) in [5.41, 5.74) is 2.35. The maximum atomic E-state index is 14.3. The van der Waals surface area contributed by atoms with Crippen molar-refractivity contribution in [3.63, 3.8) is 0 Å². The number of piperazine rings is 1. The maximum absolute atomic E-state index is 14.3. The highest BCUT2D eigenvalue weighted by molar-refractivity contribution is 7.89. The van der Waals surface area contributed by atoms with E-state index in [-0.39, 0.29) is 18.4 Å². The molecule has 0 spiro atoms. The quantitative estimate of drug-likeness (QED) is 0.603. The maximum Gasteiger partial charge on any atom is 0.323 e. The molecule has 2 aromatic rings. The highest BCUT2D eigenvalue weighted by Crippen LogP contribution is 2.20. The van der Waals surface area contributed by atoms with Crippen molar-refractivity contribution in [3.8, 4) is 0 Å². The van der Waals surface area contributed by atoms with Crippen LogP contribution in [0.1, 0.15) is 18.2 Å². The zero-order valence-electron chi connectivity index (χ0n) is 19.0. The number of methoxy groups -OCH3 is 1. The Morgan fingerprint density at radius 2 is 1.97 bits per heavy atom. The van der Waals surface area contributed by atoms with Crippen LogP contribution in [0, 0.1) is 12.7 Å². The number of rotatable bonds is 8. The highest BCUT2D eigenvalue weighted by atomic mass is 32.2. The van der Waals surface area contributed by atoms with E-state index in [0.29, 0.717) is 43.1 Å². The molecule has 1 atom stereocenters. The predicted octanol–water partition coefficient (Wildman–Crippen LogP) is 2.66. The normalized spacial score (nSPS) is 17.6. The molecular formula is C22H30FN5O4S. The molecule has 0 radical (unpaired) electrons. The van der Waals surface area contributed by atoms with Gasteiger partial charge >= 0.3 is 6.03 Å². The van der Waals surface area contributed by atoms with Crippen LogP contribution < -0.4 is 10.6 Å². The van der Waals surface area contributed by atoms with Crippen LogP contribution in [0.25, 0.3) is 0 Å². The second kappa shape index (κ2) is 11.0. The molecule has 0 saturated carbocycles. The molecule has 2 N–H and O–H groups in total. The molecule has 1 aromatic heterocycles. The lowest BCUT2D eigenvalue weighted by Gasteiger charge is -2.40. The van der Waals surface area contributed by atoms with Gasteiger partial charge in [-0.2, -0.15) is 4.31 Å². The molecule has 33 heavy (non-hydrogen) atoms. The number of hydrogen-bond donors (Lipinski definition) is 2. The molecule has 1 fully saturated rings. The molecule has 2 heterocycles. The Balaban J connectivity index is 1.65. The van der Waals surface area contributed by atoms with Crippen molar-refractivity contribution >= 4 is 27.4 Å². The summed E-state index contributed by atoms with van der Waals surface area (Å²) < 4.78 is 45.8. The average molecular weight is 480 g/mol. The molecule has 0 bridgehead atoms. The topological polar surface area (TPSA) is 104 Å². The Morgan fingerprint density at radius 1 is 1.21 bits per heavy atom. The van der Waals surface area contributed by atoms with E-state index in [1.54, 1.807) is 31.3 Å².